The lowest BCUT2D eigenvalue weighted by Crippen LogP contribution is -3.00. The molecule has 1 aromatic rings. The minimum absolute atomic E-state index is 0. The van der Waals surface area contributed by atoms with Crippen molar-refractivity contribution in [3.05, 3.63) is 29.6 Å². The fraction of sp³-hybridized carbons (Fsp3) is 0.143. The van der Waals surface area contributed by atoms with E-state index in [0.29, 0.717) is 5.56 Å². The number of hydrogen-bond donors (Lipinski definition) is 2. The quantitative estimate of drug-likeness (QED) is 0.372. The molecule has 4 heteroatoms. The average Bonchev–Trinajstić information content (AvgIpc) is 1.88. The molecule has 0 unspecified atom stereocenters. The van der Waals surface area contributed by atoms with Gasteiger partial charge in [0.2, 0.25) is 0 Å². The molecule has 0 atom stereocenters. The van der Waals surface area contributed by atoms with Crippen molar-refractivity contribution < 1.29 is 13.8 Å². The Bertz CT molecular complexity index is 247. The predicted molar refractivity (Wildman–Crippen MR) is 41.1 cm³/mol. The van der Waals surface area contributed by atoms with Gasteiger partial charge in [0, 0.05) is 17.5 Å². The van der Waals surface area contributed by atoms with Crippen LogP contribution < -0.4 is 18.1 Å². The van der Waals surface area contributed by atoms with E-state index in [9.17, 15) is 0 Å². The van der Waals surface area contributed by atoms with Gasteiger partial charge in [-0.05, 0) is 19.1 Å². The van der Waals surface area contributed by atoms with E-state index >= 15 is 0 Å². The summed E-state index contributed by atoms with van der Waals surface area (Å²) in [5, 5.41) is 7.04. The zero-order valence-corrected chi connectivity index (χ0v) is 6.89. The SMILES string of the molecule is Cc1ccc(C(=N)N)cn1.[Cl-].[H+]. The van der Waals surface area contributed by atoms with Crippen LogP contribution >= 0.6 is 0 Å². The number of aryl methyl sites for hydroxylation is 1. The van der Waals surface area contributed by atoms with Gasteiger partial charge in [-0.2, -0.15) is 0 Å². The summed E-state index contributed by atoms with van der Waals surface area (Å²) in [6.07, 6.45) is 1.59. The highest BCUT2D eigenvalue weighted by atomic mass is 35.5. The molecule has 3 N–H and O–H groups in total. The number of nitrogen functional groups attached to an aromatic ring is 1. The summed E-state index contributed by atoms with van der Waals surface area (Å²) in [7, 11) is 0. The van der Waals surface area contributed by atoms with E-state index in [2.05, 4.69) is 4.98 Å². The van der Waals surface area contributed by atoms with Crippen molar-refractivity contribution in [2.45, 2.75) is 6.92 Å². The summed E-state index contributed by atoms with van der Waals surface area (Å²) in [5.74, 6) is 0.0625. The zero-order chi connectivity index (χ0) is 7.56. The Hall–Kier alpha value is -1.09. The van der Waals surface area contributed by atoms with Gasteiger partial charge < -0.3 is 18.1 Å². The first-order valence-electron chi connectivity index (χ1n) is 2.97. The van der Waals surface area contributed by atoms with Gasteiger partial charge in [-0.15, -0.1) is 0 Å². The number of aromatic nitrogens is 1. The summed E-state index contributed by atoms with van der Waals surface area (Å²) in [6, 6.07) is 3.61. The second-order valence-electron chi connectivity index (χ2n) is 2.10. The van der Waals surface area contributed by atoms with E-state index in [1.165, 1.54) is 0 Å². The van der Waals surface area contributed by atoms with Gasteiger partial charge in [-0.1, -0.05) is 0 Å². The summed E-state index contributed by atoms with van der Waals surface area (Å²) in [5.41, 5.74) is 6.81. The second-order valence-corrected chi connectivity index (χ2v) is 2.10. The fourth-order valence-corrected chi connectivity index (χ4v) is 0.627. The summed E-state index contributed by atoms with van der Waals surface area (Å²) in [4.78, 5) is 3.98. The van der Waals surface area contributed by atoms with E-state index in [-0.39, 0.29) is 19.7 Å². The minimum atomic E-state index is 0. The second kappa shape index (κ2) is 3.93. The number of nitrogens with two attached hydrogens (primary N) is 1. The number of hydrogen-bond acceptors (Lipinski definition) is 2. The molecule has 0 aliphatic carbocycles. The van der Waals surface area contributed by atoms with E-state index in [4.69, 9.17) is 11.1 Å². The Labute approximate surface area is 73.0 Å². The fourth-order valence-electron chi connectivity index (χ4n) is 0.627. The van der Waals surface area contributed by atoms with Crippen molar-refractivity contribution in [1.82, 2.24) is 4.98 Å². The largest absolute Gasteiger partial charge is 1.00 e. The molecule has 1 rings (SSSR count). The molecule has 0 fully saturated rings. The lowest BCUT2D eigenvalue weighted by molar-refractivity contribution is -0.00000261. The van der Waals surface area contributed by atoms with E-state index in [1.807, 2.05) is 13.0 Å². The predicted octanol–water partition coefficient (Wildman–Crippen LogP) is -2.21. The average molecular weight is 172 g/mol. The Kier molecular flexibility index (Phi) is 3.54. The molecule has 0 aromatic carbocycles. The Morgan fingerprint density at radius 2 is 2.27 bits per heavy atom. The van der Waals surface area contributed by atoms with Crippen LogP contribution in [0.3, 0.4) is 0 Å². The zero-order valence-electron chi connectivity index (χ0n) is 7.13. The van der Waals surface area contributed by atoms with Crippen LogP contribution in [0.5, 0.6) is 0 Å². The molecule has 3 nitrogen and oxygen atoms in total. The highest BCUT2D eigenvalue weighted by molar-refractivity contribution is 5.94. The first kappa shape index (κ1) is 9.91. The van der Waals surface area contributed by atoms with Crippen molar-refractivity contribution in [3.8, 4) is 0 Å². The first-order valence-corrected chi connectivity index (χ1v) is 2.97. The molecular formula is C7H10ClN3. The number of pyridine rings is 1. The molecule has 0 saturated heterocycles. The van der Waals surface area contributed by atoms with Crippen LogP contribution in [0.2, 0.25) is 0 Å². The molecule has 1 heterocycles. The van der Waals surface area contributed by atoms with Gasteiger partial charge >= 0.3 is 1.43 Å². The smallest absolute Gasteiger partial charge is 1.00 e. The van der Waals surface area contributed by atoms with Crippen LogP contribution in [0, 0.1) is 12.3 Å². The van der Waals surface area contributed by atoms with Crippen LogP contribution in [-0.4, -0.2) is 10.8 Å². The molecule has 1 aromatic heterocycles. The van der Waals surface area contributed by atoms with Crippen molar-refractivity contribution in [2.75, 3.05) is 0 Å². The number of amidine groups is 1. The third-order valence-electron chi connectivity index (χ3n) is 1.22. The van der Waals surface area contributed by atoms with Crippen molar-refractivity contribution in [1.29, 1.82) is 5.41 Å². The van der Waals surface area contributed by atoms with E-state index in [1.54, 1.807) is 12.3 Å². The number of halogens is 1. The maximum absolute atomic E-state index is 7.04. The van der Waals surface area contributed by atoms with E-state index in [0.717, 1.165) is 5.69 Å². The van der Waals surface area contributed by atoms with Crippen LogP contribution in [-0.2, 0) is 0 Å². The molecule has 0 amide bonds. The van der Waals surface area contributed by atoms with Crippen molar-refractivity contribution >= 4 is 5.84 Å². The van der Waals surface area contributed by atoms with Crippen LogP contribution in [0.25, 0.3) is 0 Å². The summed E-state index contributed by atoms with van der Waals surface area (Å²) >= 11 is 0. The Balaban J connectivity index is 0. The maximum atomic E-state index is 7.04. The Morgan fingerprint density at radius 1 is 1.64 bits per heavy atom. The Morgan fingerprint density at radius 3 is 2.64 bits per heavy atom. The normalized spacial score (nSPS) is 8.45. The van der Waals surface area contributed by atoms with Crippen LogP contribution in [0.4, 0.5) is 0 Å². The third kappa shape index (κ3) is 2.55. The molecule has 0 spiro atoms. The van der Waals surface area contributed by atoms with Crippen LogP contribution in [0.15, 0.2) is 18.3 Å². The highest BCUT2D eigenvalue weighted by Gasteiger charge is 1.93. The van der Waals surface area contributed by atoms with Crippen molar-refractivity contribution in [2.24, 2.45) is 5.73 Å². The van der Waals surface area contributed by atoms with E-state index < -0.39 is 0 Å². The number of nitrogens with one attached hydrogen (secondary N) is 1. The topological polar surface area (TPSA) is 62.8 Å². The molecule has 0 radical (unpaired) electrons. The third-order valence-corrected chi connectivity index (χ3v) is 1.22. The van der Waals surface area contributed by atoms with Gasteiger partial charge in [0.25, 0.3) is 0 Å². The number of rotatable bonds is 1. The lowest BCUT2D eigenvalue weighted by atomic mass is 10.2. The maximum Gasteiger partial charge on any atom is 1.00 e. The number of nitrogens with zero attached hydrogens (tertiary/aromatic N) is 1. The molecule has 0 aliphatic heterocycles. The molecule has 60 valence electrons. The minimum Gasteiger partial charge on any atom is -1.00 e. The first-order chi connectivity index (χ1) is 4.70. The molecule has 0 bridgehead atoms. The molecular weight excluding hydrogens is 162 g/mol. The molecule has 0 aliphatic rings. The standard InChI is InChI=1S/C7H9N3.ClH/c1-5-2-3-6(4-10-5)7(8)9;/h2-4H,1H3,(H3,8,9);1H. The van der Waals surface area contributed by atoms with Gasteiger partial charge in [0.15, 0.2) is 0 Å². The summed E-state index contributed by atoms with van der Waals surface area (Å²) < 4.78 is 0. The lowest BCUT2D eigenvalue weighted by Gasteiger charge is -1.95. The monoisotopic (exact) mass is 171 g/mol. The van der Waals surface area contributed by atoms with Gasteiger partial charge in [0.1, 0.15) is 5.84 Å². The van der Waals surface area contributed by atoms with Crippen molar-refractivity contribution in [3.63, 3.8) is 0 Å². The van der Waals surface area contributed by atoms with Gasteiger partial charge in [0.05, 0.1) is 0 Å². The summed E-state index contributed by atoms with van der Waals surface area (Å²) in [6.45, 7) is 1.89. The highest BCUT2D eigenvalue weighted by Crippen LogP contribution is 1.96. The molecule has 11 heavy (non-hydrogen) atoms. The van der Waals surface area contributed by atoms with Gasteiger partial charge in [-0.25, -0.2) is 0 Å². The van der Waals surface area contributed by atoms with Crippen LogP contribution in [0.1, 0.15) is 12.7 Å². The van der Waals surface area contributed by atoms with Gasteiger partial charge in [-0.3, -0.25) is 10.4 Å². The molecule has 0 saturated carbocycles.